The van der Waals surface area contributed by atoms with Gasteiger partial charge in [0.1, 0.15) is 0 Å². The van der Waals surface area contributed by atoms with Gasteiger partial charge in [0.25, 0.3) is 0 Å². The van der Waals surface area contributed by atoms with Crippen molar-refractivity contribution in [1.29, 1.82) is 0 Å². The average molecular weight is 297 g/mol. The lowest BCUT2D eigenvalue weighted by Gasteiger charge is -2.19. The van der Waals surface area contributed by atoms with E-state index in [-0.39, 0.29) is 0 Å². The van der Waals surface area contributed by atoms with Gasteiger partial charge >= 0.3 is 6.09 Å². The van der Waals surface area contributed by atoms with Crippen molar-refractivity contribution in [3.8, 4) is 0 Å². The SMILES string of the molecule is CCOC(=O)NN=Cc1ccc(N(C)c2ccccc2)cc1. The number of amides is 1. The van der Waals surface area contributed by atoms with Crippen molar-refractivity contribution in [3.63, 3.8) is 0 Å². The van der Waals surface area contributed by atoms with Crippen molar-refractivity contribution in [2.24, 2.45) is 5.10 Å². The second kappa shape index (κ2) is 7.83. The largest absolute Gasteiger partial charge is 0.449 e. The van der Waals surface area contributed by atoms with Gasteiger partial charge in [0.15, 0.2) is 0 Å². The van der Waals surface area contributed by atoms with Gasteiger partial charge in [-0.25, -0.2) is 10.2 Å². The van der Waals surface area contributed by atoms with Crippen molar-refractivity contribution < 1.29 is 9.53 Å². The first kappa shape index (κ1) is 15.6. The molecule has 0 aliphatic carbocycles. The molecule has 0 radical (unpaired) electrons. The van der Waals surface area contributed by atoms with Crippen LogP contribution in [-0.2, 0) is 4.74 Å². The van der Waals surface area contributed by atoms with Gasteiger partial charge in [-0.2, -0.15) is 5.10 Å². The fourth-order valence-electron chi connectivity index (χ4n) is 1.91. The van der Waals surface area contributed by atoms with Gasteiger partial charge in [-0.15, -0.1) is 0 Å². The molecule has 0 saturated carbocycles. The predicted octanol–water partition coefficient (Wildman–Crippen LogP) is 3.53. The third-order valence-corrected chi connectivity index (χ3v) is 3.07. The monoisotopic (exact) mass is 297 g/mol. The van der Waals surface area contributed by atoms with E-state index < -0.39 is 6.09 Å². The zero-order chi connectivity index (χ0) is 15.8. The first-order valence-corrected chi connectivity index (χ1v) is 7.05. The molecule has 0 bridgehead atoms. The number of nitrogens with one attached hydrogen (secondary N) is 1. The van der Waals surface area contributed by atoms with Crippen LogP contribution in [0.5, 0.6) is 0 Å². The van der Waals surface area contributed by atoms with Crippen molar-refractivity contribution in [3.05, 3.63) is 60.2 Å². The lowest BCUT2D eigenvalue weighted by atomic mass is 10.2. The van der Waals surface area contributed by atoms with Crippen LogP contribution in [0.15, 0.2) is 59.7 Å². The highest BCUT2D eigenvalue weighted by Gasteiger charge is 2.02. The fourth-order valence-corrected chi connectivity index (χ4v) is 1.91. The number of carbonyl (C=O) groups excluding carboxylic acids is 1. The van der Waals surface area contributed by atoms with Crippen LogP contribution in [0.25, 0.3) is 0 Å². The van der Waals surface area contributed by atoms with E-state index in [0.717, 1.165) is 16.9 Å². The number of hydrogen-bond acceptors (Lipinski definition) is 4. The Balaban J connectivity index is 1.98. The summed E-state index contributed by atoms with van der Waals surface area (Å²) in [5, 5.41) is 3.83. The smallest absolute Gasteiger partial charge is 0.427 e. The molecular formula is C17H19N3O2. The van der Waals surface area contributed by atoms with Gasteiger partial charge in [-0.05, 0) is 36.8 Å². The molecule has 22 heavy (non-hydrogen) atoms. The van der Waals surface area contributed by atoms with E-state index >= 15 is 0 Å². The zero-order valence-electron chi connectivity index (χ0n) is 12.7. The first-order valence-electron chi connectivity index (χ1n) is 7.05. The summed E-state index contributed by atoms with van der Waals surface area (Å²) in [5.74, 6) is 0. The predicted molar refractivity (Wildman–Crippen MR) is 88.7 cm³/mol. The molecule has 1 amide bonds. The molecule has 2 aromatic rings. The van der Waals surface area contributed by atoms with Gasteiger partial charge in [-0.3, -0.25) is 0 Å². The Kier molecular flexibility index (Phi) is 5.54. The minimum atomic E-state index is -0.556. The van der Waals surface area contributed by atoms with Crippen molar-refractivity contribution in [2.45, 2.75) is 6.92 Å². The summed E-state index contributed by atoms with van der Waals surface area (Å²) in [5.41, 5.74) is 5.37. The highest BCUT2D eigenvalue weighted by atomic mass is 16.5. The standard InChI is InChI=1S/C17H19N3O2/c1-3-22-17(21)19-18-13-14-9-11-16(12-10-14)20(2)15-7-5-4-6-8-15/h4-13H,3H2,1-2H3,(H,19,21). The molecule has 0 fully saturated rings. The van der Waals surface area contributed by atoms with E-state index in [2.05, 4.69) is 27.6 Å². The van der Waals surface area contributed by atoms with Crippen molar-refractivity contribution >= 4 is 23.7 Å². The van der Waals surface area contributed by atoms with Gasteiger partial charge in [-0.1, -0.05) is 30.3 Å². The fraction of sp³-hybridized carbons (Fsp3) is 0.176. The number of nitrogens with zero attached hydrogens (tertiary/aromatic N) is 2. The molecular weight excluding hydrogens is 278 g/mol. The van der Waals surface area contributed by atoms with Crippen LogP contribution in [0.3, 0.4) is 0 Å². The molecule has 2 aromatic carbocycles. The summed E-state index contributed by atoms with van der Waals surface area (Å²) in [4.78, 5) is 13.2. The maximum atomic E-state index is 11.1. The molecule has 5 heteroatoms. The lowest BCUT2D eigenvalue weighted by molar-refractivity contribution is 0.152. The van der Waals surface area contributed by atoms with Crippen molar-refractivity contribution in [2.75, 3.05) is 18.6 Å². The average Bonchev–Trinajstić information content (AvgIpc) is 2.56. The molecule has 2 rings (SSSR count). The molecule has 0 aliphatic rings. The maximum Gasteiger partial charge on any atom is 0.427 e. The Labute approximate surface area is 130 Å². The third-order valence-electron chi connectivity index (χ3n) is 3.07. The number of anilines is 2. The maximum absolute atomic E-state index is 11.1. The molecule has 0 atom stereocenters. The van der Waals surface area contributed by atoms with Gasteiger partial charge in [0.05, 0.1) is 12.8 Å². The van der Waals surface area contributed by atoms with Crippen LogP contribution in [-0.4, -0.2) is 26.0 Å². The highest BCUT2D eigenvalue weighted by molar-refractivity contribution is 5.81. The second-order valence-corrected chi connectivity index (χ2v) is 4.58. The number of ether oxygens (including phenoxy) is 1. The lowest BCUT2D eigenvalue weighted by Crippen LogP contribution is -2.18. The molecule has 0 spiro atoms. The van der Waals surface area contributed by atoms with Gasteiger partial charge < -0.3 is 9.64 Å². The summed E-state index contributed by atoms with van der Waals surface area (Å²) >= 11 is 0. The van der Waals surface area contributed by atoms with Gasteiger partial charge in [0.2, 0.25) is 0 Å². The molecule has 0 saturated heterocycles. The Bertz CT molecular complexity index is 624. The Morgan fingerprint density at radius 2 is 1.77 bits per heavy atom. The van der Waals surface area contributed by atoms with E-state index in [1.807, 2.05) is 49.5 Å². The van der Waals surface area contributed by atoms with Crippen LogP contribution < -0.4 is 10.3 Å². The molecule has 0 aliphatic heterocycles. The van der Waals surface area contributed by atoms with E-state index in [0.29, 0.717) is 6.61 Å². The highest BCUT2D eigenvalue weighted by Crippen LogP contribution is 2.22. The Hall–Kier alpha value is -2.82. The molecule has 1 N–H and O–H groups in total. The number of para-hydroxylation sites is 1. The van der Waals surface area contributed by atoms with Crippen LogP contribution in [0, 0.1) is 0 Å². The summed E-state index contributed by atoms with van der Waals surface area (Å²) in [6.45, 7) is 2.06. The Morgan fingerprint density at radius 3 is 2.41 bits per heavy atom. The van der Waals surface area contributed by atoms with Crippen LogP contribution in [0.2, 0.25) is 0 Å². The summed E-state index contributed by atoms with van der Waals surface area (Å²) in [7, 11) is 2.01. The second-order valence-electron chi connectivity index (χ2n) is 4.58. The minimum Gasteiger partial charge on any atom is -0.449 e. The van der Waals surface area contributed by atoms with Crippen molar-refractivity contribution in [1.82, 2.24) is 5.43 Å². The van der Waals surface area contributed by atoms with E-state index in [9.17, 15) is 4.79 Å². The topological polar surface area (TPSA) is 53.9 Å². The molecule has 0 aromatic heterocycles. The molecule has 114 valence electrons. The number of rotatable bonds is 5. The summed E-state index contributed by atoms with van der Waals surface area (Å²) in [6.07, 6.45) is 1.02. The minimum absolute atomic E-state index is 0.321. The third kappa shape index (κ3) is 4.34. The quantitative estimate of drug-likeness (QED) is 0.678. The van der Waals surface area contributed by atoms with Gasteiger partial charge in [0, 0.05) is 18.4 Å². The first-order chi connectivity index (χ1) is 10.7. The molecule has 5 nitrogen and oxygen atoms in total. The summed E-state index contributed by atoms with van der Waals surface area (Å²) in [6, 6.07) is 18.0. The van der Waals surface area contributed by atoms with E-state index in [4.69, 9.17) is 4.74 Å². The Morgan fingerprint density at radius 1 is 1.14 bits per heavy atom. The zero-order valence-corrected chi connectivity index (χ0v) is 12.7. The number of benzene rings is 2. The molecule has 0 unspecified atom stereocenters. The molecule has 0 heterocycles. The number of carbonyl (C=O) groups is 1. The van der Waals surface area contributed by atoms with Crippen LogP contribution >= 0.6 is 0 Å². The van der Waals surface area contributed by atoms with E-state index in [1.54, 1.807) is 13.1 Å². The van der Waals surface area contributed by atoms with Crippen LogP contribution in [0.1, 0.15) is 12.5 Å². The summed E-state index contributed by atoms with van der Waals surface area (Å²) < 4.78 is 4.71. The van der Waals surface area contributed by atoms with Crippen LogP contribution in [0.4, 0.5) is 16.2 Å². The number of hydrogen-bond donors (Lipinski definition) is 1. The number of hydrazone groups is 1. The van der Waals surface area contributed by atoms with E-state index in [1.165, 1.54) is 0 Å². The normalized spacial score (nSPS) is 10.5.